The van der Waals surface area contributed by atoms with Crippen LogP contribution in [0.5, 0.6) is 0 Å². The van der Waals surface area contributed by atoms with E-state index < -0.39 is 24.0 Å². The van der Waals surface area contributed by atoms with Gasteiger partial charge in [-0.1, -0.05) is 0 Å². The molecule has 3 N–H and O–H groups in total. The van der Waals surface area contributed by atoms with Gasteiger partial charge in [0.1, 0.15) is 5.92 Å². The van der Waals surface area contributed by atoms with Crippen molar-refractivity contribution in [1.82, 2.24) is 15.8 Å². The first-order chi connectivity index (χ1) is 7.00. The van der Waals surface area contributed by atoms with Crippen molar-refractivity contribution in [3.8, 4) is 0 Å². The van der Waals surface area contributed by atoms with Crippen molar-refractivity contribution in [3.63, 3.8) is 0 Å². The second kappa shape index (κ2) is 4.94. The summed E-state index contributed by atoms with van der Waals surface area (Å²) in [5, 5.41) is 12.8. The van der Waals surface area contributed by atoms with Gasteiger partial charge in [0.05, 0.1) is 19.3 Å². The fraction of sp³-hybridized carbons (Fsp3) is 0.750. The summed E-state index contributed by atoms with van der Waals surface area (Å²) >= 11 is 0. The second-order valence-electron chi connectivity index (χ2n) is 3.57. The molecule has 0 spiro atoms. The van der Waals surface area contributed by atoms with Crippen molar-refractivity contribution in [2.24, 2.45) is 5.92 Å². The highest BCUT2D eigenvalue weighted by atomic mass is 16.5. The summed E-state index contributed by atoms with van der Waals surface area (Å²) in [6.45, 7) is 0.375. The average molecular weight is 217 g/mol. The molecule has 0 aromatic heterocycles. The molecular weight excluding hydrogens is 202 g/mol. The van der Waals surface area contributed by atoms with E-state index in [0.717, 1.165) is 0 Å². The highest BCUT2D eigenvalue weighted by Crippen LogP contribution is 2.13. The Hall–Kier alpha value is -1.34. The minimum absolute atomic E-state index is 0.141. The number of carbonyl (C=O) groups excluding carboxylic acids is 1. The van der Waals surface area contributed by atoms with Gasteiger partial charge < -0.3 is 15.2 Å². The van der Waals surface area contributed by atoms with E-state index in [4.69, 9.17) is 9.84 Å². The molecule has 1 aliphatic heterocycles. The Morgan fingerprint density at radius 3 is 2.60 bits per heavy atom. The maximum atomic E-state index is 11.3. The number of hydrogen-bond acceptors (Lipinski definition) is 4. The van der Waals surface area contributed by atoms with E-state index in [0.29, 0.717) is 0 Å². The Kier molecular flexibility index (Phi) is 3.87. The Bertz CT molecular complexity index is 256. The van der Waals surface area contributed by atoms with Crippen molar-refractivity contribution >= 4 is 12.0 Å². The fourth-order valence-electron chi connectivity index (χ4n) is 1.34. The van der Waals surface area contributed by atoms with Gasteiger partial charge in [-0.3, -0.25) is 10.2 Å². The molecule has 1 fully saturated rings. The first kappa shape index (κ1) is 11.7. The molecule has 15 heavy (non-hydrogen) atoms. The number of amides is 2. The molecule has 0 bridgehead atoms. The minimum Gasteiger partial charge on any atom is -0.481 e. The normalized spacial score (nSPS) is 25.3. The third-order valence-corrected chi connectivity index (χ3v) is 2.04. The first-order valence-electron chi connectivity index (χ1n) is 4.55. The fourth-order valence-corrected chi connectivity index (χ4v) is 1.34. The molecular formula is C8H15N3O4. The molecule has 0 aliphatic carbocycles. The third-order valence-electron chi connectivity index (χ3n) is 2.04. The van der Waals surface area contributed by atoms with Crippen LogP contribution in [0.25, 0.3) is 0 Å². The summed E-state index contributed by atoms with van der Waals surface area (Å²) in [6.07, 6.45) is 0. The summed E-state index contributed by atoms with van der Waals surface area (Å²) in [6, 6.07) is -0.899. The average Bonchev–Trinajstić information content (AvgIpc) is 2.50. The summed E-state index contributed by atoms with van der Waals surface area (Å²) < 4.78 is 5.00. The lowest BCUT2D eigenvalue weighted by molar-refractivity contribution is -0.142. The van der Waals surface area contributed by atoms with Crippen LogP contribution in [0.3, 0.4) is 0 Å². The van der Waals surface area contributed by atoms with Gasteiger partial charge >= 0.3 is 12.0 Å². The molecule has 1 heterocycles. The van der Waals surface area contributed by atoms with Crippen LogP contribution in [0.4, 0.5) is 4.79 Å². The molecule has 2 unspecified atom stereocenters. The van der Waals surface area contributed by atoms with E-state index in [2.05, 4.69) is 10.7 Å². The Morgan fingerprint density at radius 2 is 2.07 bits per heavy atom. The molecule has 0 saturated carbocycles. The van der Waals surface area contributed by atoms with Gasteiger partial charge in [-0.25, -0.2) is 9.80 Å². The number of hydrazine groups is 1. The SMILES string of the molecule is CN(C)NC(=O)NC1COCC1C(=O)O. The molecule has 1 saturated heterocycles. The zero-order chi connectivity index (χ0) is 11.4. The first-order valence-corrected chi connectivity index (χ1v) is 4.55. The van der Waals surface area contributed by atoms with Crippen LogP contribution in [0.2, 0.25) is 0 Å². The molecule has 1 rings (SSSR count). The number of carboxylic acids is 1. The van der Waals surface area contributed by atoms with Crippen LogP contribution in [0.1, 0.15) is 0 Å². The molecule has 1 aliphatic rings. The van der Waals surface area contributed by atoms with Gasteiger partial charge in [0.25, 0.3) is 0 Å². The third kappa shape index (κ3) is 3.37. The summed E-state index contributed by atoms with van der Waals surface area (Å²) in [5.74, 6) is -1.62. The van der Waals surface area contributed by atoms with E-state index in [-0.39, 0.29) is 13.2 Å². The predicted octanol–water partition coefficient (Wildman–Crippen LogP) is -1.14. The Labute approximate surface area is 87.3 Å². The van der Waals surface area contributed by atoms with Crippen molar-refractivity contribution in [2.75, 3.05) is 27.3 Å². The lowest BCUT2D eigenvalue weighted by Gasteiger charge is -2.18. The van der Waals surface area contributed by atoms with E-state index in [9.17, 15) is 9.59 Å². The van der Waals surface area contributed by atoms with Gasteiger partial charge in [0, 0.05) is 14.1 Å². The van der Waals surface area contributed by atoms with E-state index in [1.165, 1.54) is 5.01 Å². The van der Waals surface area contributed by atoms with Gasteiger partial charge in [0.15, 0.2) is 0 Å². The summed E-state index contributed by atoms with van der Waals surface area (Å²) in [5.41, 5.74) is 2.46. The number of ether oxygens (including phenoxy) is 1. The number of urea groups is 1. The topological polar surface area (TPSA) is 90.9 Å². The Morgan fingerprint density at radius 1 is 1.40 bits per heavy atom. The van der Waals surface area contributed by atoms with Gasteiger partial charge in [-0.2, -0.15) is 0 Å². The van der Waals surface area contributed by atoms with Crippen LogP contribution in [0, 0.1) is 5.92 Å². The molecule has 2 atom stereocenters. The number of rotatable bonds is 3. The number of carbonyl (C=O) groups is 2. The lowest BCUT2D eigenvalue weighted by Crippen LogP contribution is -2.50. The van der Waals surface area contributed by atoms with E-state index >= 15 is 0 Å². The maximum Gasteiger partial charge on any atom is 0.329 e. The van der Waals surface area contributed by atoms with Crippen molar-refractivity contribution < 1.29 is 19.4 Å². The van der Waals surface area contributed by atoms with Gasteiger partial charge in [-0.05, 0) is 0 Å². The van der Waals surface area contributed by atoms with E-state index in [1.807, 2.05) is 0 Å². The number of carboxylic acid groups (broad SMARTS) is 1. The zero-order valence-electron chi connectivity index (χ0n) is 8.69. The molecule has 86 valence electrons. The number of nitrogens with zero attached hydrogens (tertiary/aromatic N) is 1. The predicted molar refractivity (Wildman–Crippen MR) is 51.1 cm³/mol. The number of nitrogens with one attached hydrogen (secondary N) is 2. The van der Waals surface area contributed by atoms with Crippen molar-refractivity contribution in [2.45, 2.75) is 6.04 Å². The Balaban J connectivity index is 2.43. The standard InChI is InChI=1S/C8H15N3O4/c1-11(2)10-8(14)9-6-4-15-3-5(6)7(12)13/h5-6H,3-4H2,1-2H3,(H,12,13)(H2,9,10,14). The van der Waals surface area contributed by atoms with Crippen LogP contribution >= 0.6 is 0 Å². The molecule has 7 nitrogen and oxygen atoms in total. The molecule has 7 heteroatoms. The highest BCUT2D eigenvalue weighted by molar-refractivity contribution is 5.76. The largest absolute Gasteiger partial charge is 0.481 e. The number of hydrogen-bond donors (Lipinski definition) is 3. The van der Waals surface area contributed by atoms with Gasteiger partial charge in [0.2, 0.25) is 0 Å². The summed E-state index contributed by atoms with van der Waals surface area (Å²) in [7, 11) is 3.33. The molecule has 0 aromatic rings. The maximum absolute atomic E-state index is 11.3. The minimum atomic E-state index is -0.956. The molecule has 2 amide bonds. The summed E-state index contributed by atoms with van der Waals surface area (Å²) in [4.78, 5) is 22.0. The zero-order valence-corrected chi connectivity index (χ0v) is 8.69. The van der Waals surface area contributed by atoms with E-state index in [1.54, 1.807) is 14.1 Å². The highest BCUT2D eigenvalue weighted by Gasteiger charge is 2.35. The smallest absolute Gasteiger partial charge is 0.329 e. The van der Waals surface area contributed by atoms with Crippen LogP contribution < -0.4 is 10.7 Å². The quantitative estimate of drug-likeness (QED) is 0.520. The lowest BCUT2D eigenvalue weighted by atomic mass is 10.0. The number of aliphatic carboxylic acids is 1. The van der Waals surface area contributed by atoms with Crippen LogP contribution in [0.15, 0.2) is 0 Å². The molecule has 0 aromatic carbocycles. The van der Waals surface area contributed by atoms with Crippen molar-refractivity contribution in [1.29, 1.82) is 0 Å². The molecule has 0 radical (unpaired) electrons. The monoisotopic (exact) mass is 217 g/mol. The van der Waals surface area contributed by atoms with Crippen LogP contribution in [-0.2, 0) is 9.53 Å². The second-order valence-corrected chi connectivity index (χ2v) is 3.57. The van der Waals surface area contributed by atoms with Crippen molar-refractivity contribution in [3.05, 3.63) is 0 Å². The van der Waals surface area contributed by atoms with Gasteiger partial charge in [-0.15, -0.1) is 0 Å². The van der Waals surface area contributed by atoms with Crippen LogP contribution in [-0.4, -0.2) is 55.5 Å².